The van der Waals surface area contributed by atoms with Gasteiger partial charge < -0.3 is 10.4 Å². The first-order valence-corrected chi connectivity index (χ1v) is 6.17. The summed E-state index contributed by atoms with van der Waals surface area (Å²) in [5, 5.41) is 12.0. The van der Waals surface area contributed by atoms with Crippen LogP contribution in [0.1, 0.15) is 51.9 Å². The zero-order valence-electron chi connectivity index (χ0n) is 9.67. The average Bonchev–Trinajstić information content (AvgIpc) is 2.75. The molecule has 1 saturated carbocycles. The van der Waals surface area contributed by atoms with E-state index in [1.54, 1.807) is 0 Å². The summed E-state index contributed by atoms with van der Waals surface area (Å²) in [5.41, 5.74) is 0. The van der Waals surface area contributed by atoms with Crippen molar-refractivity contribution < 1.29 is 9.90 Å². The summed E-state index contributed by atoms with van der Waals surface area (Å²) in [7, 11) is 0. The van der Waals surface area contributed by atoms with Gasteiger partial charge in [0.05, 0.1) is 6.10 Å². The Morgan fingerprint density at radius 3 is 2.73 bits per heavy atom. The Hall–Kier alpha value is -0.570. The van der Waals surface area contributed by atoms with Crippen molar-refractivity contribution in [3.05, 3.63) is 0 Å². The molecular weight excluding hydrogens is 190 g/mol. The maximum atomic E-state index is 11.4. The molecule has 3 nitrogen and oxygen atoms in total. The highest BCUT2D eigenvalue weighted by Crippen LogP contribution is 2.28. The van der Waals surface area contributed by atoms with E-state index < -0.39 is 0 Å². The van der Waals surface area contributed by atoms with Crippen molar-refractivity contribution >= 4 is 5.91 Å². The molecular formula is C12H23NO2. The van der Waals surface area contributed by atoms with Crippen LogP contribution in [0.5, 0.6) is 0 Å². The third kappa shape index (κ3) is 5.17. The van der Waals surface area contributed by atoms with E-state index in [-0.39, 0.29) is 12.0 Å². The fourth-order valence-corrected chi connectivity index (χ4v) is 2.10. The molecule has 1 rings (SSSR count). The van der Waals surface area contributed by atoms with Crippen molar-refractivity contribution in [1.82, 2.24) is 5.32 Å². The first-order chi connectivity index (χ1) is 7.22. The molecule has 0 aromatic heterocycles. The van der Waals surface area contributed by atoms with Gasteiger partial charge in [-0.15, -0.1) is 0 Å². The molecule has 3 heteroatoms. The van der Waals surface area contributed by atoms with Crippen LogP contribution in [0.4, 0.5) is 0 Å². The summed E-state index contributed by atoms with van der Waals surface area (Å²) in [6.07, 6.45) is 7.22. The van der Waals surface area contributed by atoms with E-state index in [4.69, 9.17) is 0 Å². The zero-order valence-corrected chi connectivity index (χ0v) is 9.67. The first-order valence-electron chi connectivity index (χ1n) is 6.17. The van der Waals surface area contributed by atoms with Gasteiger partial charge in [-0.3, -0.25) is 4.79 Å². The number of rotatable bonds is 6. The Balaban J connectivity index is 2.02. The lowest BCUT2D eigenvalue weighted by Gasteiger charge is -2.11. The van der Waals surface area contributed by atoms with E-state index in [9.17, 15) is 9.90 Å². The van der Waals surface area contributed by atoms with Crippen molar-refractivity contribution in [3.63, 3.8) is 0 Å². The molecule has 1 atom stereocenters. The van der Waals surface area contributed by atoms with E-state index in [2.05, 4.69) is 5.32 Å². The minimum atomic E-state index is -0.388. The third-order valence-corrected chi connectivity index (χ3v) is 3.26. The third-order valence-electron chi connectivity index (χ3n) is 3.26. The maximum absolute atomic E-state index is 11.4. The highest BCUT2D eigenvalue weighted by atomic mass is 16.3. The normalized spacial score (nSPS) is 19.1. The summed E-state index contributed by atoms with van der Waals surface area (Å²) in [6, 6.07) is 0. The van der Waals surface area contributed by atoms with Gasteiger partial charge in [-0.1, -0.05) is 32.6 Å². The lowest BCUT2D eigenvalue weighted by atomic mass is 10.0. The molecule has 0 radical (unpaired) electrons. The van der Waals surface area contributed by atoms with Crippen LogP contribution in [0.2, 0.25) is 0 Å². The number of carbonyl (C=O) groups excluding carboxylic acids is 1. The molecule has 1 unspecified atom stereocenters. The molecule has 88 valence electrons. The van der Waals surface area contributed by atoms with Crippen LogP contribution < -0.4 is 5.32 Å². The summed E-state index contributed by atoms with van der Waals surface area (Å²) in [6.45, 7) is 2.31. The number of nitrogens with one attached hydrogen (secondary N) is 1. The van der Waals surface area contributed by atoms with Gasteiger partial charge in [0, 0.05) is 13.0 Å². The SMILES string of the molecule is CCC(O)CNC(=O)CCC1CCCC1. The van der Waals surface area contributed by atoms with Crippen molar-refractivity contribution in [2.24, 2.45) is 5.92 Å². The molecule has 1 amide bonds. The van der Waals surface area contributed by atoms with E-state index >= 15 is 0 Å². The highest BCUT2D eigenvalue weighted by Gasteiger charge is 2.16. The summed E-state index contributed by atoms with van der Waals surface area (Å²) < 4.78 is 0. The van der Waals surface area contributed by atoms with Gasteiger partial charge in [0.2, 0.25) is 5.91 Å². The van der Waals surface area contributed by atoms with Crippen molar-refractivity contribution in [2.45, 2.75) is 58.0 Å². The maximum Gasteiger partial charge on any atom is 0.220 e. The van der Waals surface area contributed by atoms with E-state index in [1.807, 2.05) is 6.92 Å². The number of hydrogen-bond acceptors (Lipinski definition) is 2. The Morgan fingerprint density at radius 1 is 1.47 bits per heavy atom. The van der Waals surface area contributed by atoms with Crippen molar-refractivity contribution in [2.75, 3.05) is 6.54 Å². The summed E-state index contributed by atoms with van der Waals surface area (Å²) in [4.78, 5) is 11.4. The Labute approximate surface area is 92.3 Å². The van der Waals surface area contributed by atoms with Crippen LogP contribution in [0, 0.1) is 5.92 Å². The average molecular weight is 213 g/mol. The van der Waals surface area contributed by atoms with Crippen molar-refractivity contribution in [3.8, 4) is 0 Å². The number of aliphatic hydroxyl groups excluding tert-OH is 1. The molecule has 1 aliphatic rings. The number of aliphatic hydroxyl groups is 1. The summed E-state index contributed by atoms with van der Waals surface area (Å²) in [5.74, 6) is 0.862. The van der Waals surface area contributed by atoms with Gasteiger partial charge in [0.25, 0.3) is 0 Å². The Bertz CT molecular complexity index is 188. The van der Waals surface area contributed by atoms with Gasteiger partial charge in [0.1, 0.15) is 0 Å². The second kappa shape index (κ2) is 6.83. The second-order valence-electron chi connectivity index (χ2n) is 4.56. The topological polar surface area (TPSA) is 49.3 Å². The predicted octanol–water partition coefficient (Wildman–Crippen LogP) is 1.84. The van der Waals surface area contributed by atoms with Gasteiger partial charge in [-0.05, 0) is 18.8 Å². The Kier molecular flexibility index (Phi) is 5.69. The fraction of sp³-hybridized carbons (Fsp3) is 0.917. The minimum absolute atomic E-state index is 0.0920. The molecule has 0 saturated heterocycles. The molecule has 0 aromatic rings. The molecule has 0 aliphatic heterocycles. The van der Waals surface area contributed by atoms with Crippen LogP contribution in [0.25, 0.3) is 0 Å². The molecule has 0 aromatic carbocycles. The number of amides is 1. The van der Waals surface area contributed by atoms with Gasteiger partial charge in [0.15, 0.2) is 0 Å². The van der Waals surface area contributed by atoms with Crippen LogP contribution in [-0.4, -0.2) is 23.7 Å². The largest absolute Gasteiger partial charge is 0.391 e. The molecule has 1 aliphatic carbocycles. The minimum Gasteiger partial charge on any atom is -0.391 e. The first kappa shape index (κ1) is 12.5. The van der Waals surface area contributed by atoms with Crippen LogP contribution in [-0.2, 0) is 4.79 Å². The van der Waals surface area contributed by atoms with E-state index in [0.29, 0.717) is 19.4 Å². The molecule has 0 bridgehead atoms. The van der Waals surface area contributed by atoms with Crippen molar-refractivity contribution in [1.29, 1.82) is 0 Å². The van der Waals surface area contributed by atoms with Crippen LogP contribution >= 0.6 is 0 Å². The van der Waals surface area contributed by atoms with Crippen LogP contribution in [0.3, 0.4) is 0 Å². The highest BCUT2D eigenvalue weighted by molar-refractivity contribution is 5.75. The Morgan fingerprint density at radius 2 is 2.13 bits per heavy atom. The molecule has 2 N–H and O–H groups in total. The lowest BCUT2D eigenvalue weighted by molar-refractivity contribution is -0.121. The molecule has 0 spiro atoms. The smallest absolute Gasteiger partial charge is 0.220 e. The van der Waals surface area contributed by atoms with Gasteiger partial charge >= 0.3 is 0 Å². The molecule has 15 heavy (non-hydrogen) atoms. The summed E-state index contributed by atoms with van der Waals surface area (Å²) >= 11 is 0. The van der Waals surface area contributed by atoms with Crippen LogP contribution in [0.15, 0.2) is 0 Å². The van der Waals surface area contributed by atoms with Gasteiger partial charge in [-0.2, -0.15) is 0 Å². The number of hydrogen-bond donors (Lipinski definition) is 2. The van der Waals surface area contributed by atoms with E-state index in [1.165, 1.54) is 25.7 Å². The van der Waals surface area contributed by atoms with Gasteiger partial charge in [-0.25, -0.2) is 0 Å². The second-order valence-corrected chi connectivity index (χ2v) is 4.56. The predicted molar refractivity (Wildman–Crippen MR) is 60.5 cm³/mol. The fourth-order valence-electron chi connectivity index (χ4n) is 2.10. The number of carbonyl (C=O) groups is 1. The lowest BCUT2D eigenvalue weighted by Crippen LogP contribution is -2.31. The monoisotopic (exact) mass is 213 g/mol. The quantitative estimate of drug-likeness (QED) is 0.707. The molecule has 1 fully saturated rings. The molecule has 0 heterocycles. The standard InChI is InChI=1S/C12H23NO2/c1-2-11(14)9-13-12(15)8-7-10-5-3-4-6-10/h10-11,14H,2-9H2,1H3,(H,13,15). The van der Waals surface area contributed by atoms with E-state index in [0.717, 1.165) is 12.3 Å². The zero-order chi connectivity index (χ0) is 11.1.